The van der Waals surface area contributed by atoms with Gasteiger partial charge < -0.3 is 10.1 Å². The van der Waals surface area contributed by atoms with Crippen molar-refractivity contribution in [1.29, 1.82) is 0 Å². The van der Waals surface area contributed by atoms with Gasteiger partial charge in [0.1, 0.15) is 24.0 Å². The minimum absolute atomic E-state index is 0.153. The molecule has 7 nitrogen and oxygen atoms in total. The number of rotatable bonds is 4. The van der Waals surface area contributed by atoms with Gasteiger partial charge in [0, 0.05) is 17.4 Å². The molecule has 2 fully saturated rings. The Balaban J connectivity index is 1.48. The largest absolute Gasteiger partial charge is 0.377 e. The van der Waals surface area contributed by atoms with Crippen molar-refractivity contribution in [2.45, 2.75) is 30.8 Å². The third-order valence-electron chi connectivity index (χ3n) is 5.13. The van der Waals surface area contributed by atoms with E-state index >= 15 is 0 Å². The fourth-order valence-corrected chi connectivity index (χ4v) is 3.52. The molecule has 3 heterocycles. The van der Waals surface area contributed by atoms with E-state index in [2.05, 4.69) is 20.4 Å². The molecular formula is C19H18FN5O2. The van der Waals surface area contributed by atoms with Crippen molar-refractivity contribution >= 4 is 16.7 Å². The van der Waals surface area contributed by atoms with Crippen LogP contribution in [0, 0.1) is 5.82 Å². The maximum Gasteiger partial charge on any atom is 0.267 e. The van der Waals surface area contributed by atoms with E-state index in [1.54, 1.807) is 12.1 Å². The zero-order valence-corrected chi connectivity index (χ0v) is 14.5. The maximum absolute atomic E-state index is 13.7. The number of benzene rings is 1. The summed E-state index contributed by atoms with van der Waals surface area (Å²) in [5, 5.41) is 8.48. The first-order valence-corrected chi connectivity index (χ1v) is 9.03. The number of aromatic nitrogens is 4. The Morgan fingerprint density at radius 2 is 2.04 bits per heavy atom. The molecule has 3 aromatic rings. The molecule has 2 unspecified atom stereocenters. The SMILES string of the molecule is O=c1ccc(C2CC2)nn1C1COCC1Nc1ncnc2ccc(F)cc12. The van der Waals surface area contributed by atoms with Crippen molar-refractivity contribution in [1.82, 2.24) is 19.7 Å². The molecule has 138 valence electrons. The molecule has 2 aliphatic rings. The van der Waals surface area contributed by atoms with E-state index in [1.807, 2.05) is 6.07 Å². The van der Waals surface area contributed by atoms with Crippen LogP contribution in [0.5, 0.6) is 0 Å². The normalized spacial score (nSPS) is 22.3. The van der Waals surface area contributed by atoms with Crippen LogP contribution in [0.15, 0.2) is 41.5 Å². The van der Waals surface area contributed by atoms with Gasteiger partial charge in [0.05, 0.1) is 30.5 Å². The monoisotopic (exact) mass is 367 g/mol. The summed E-state index contributed by atoms with van der Waals surface area (Å²) in [7, 11) is 0. The lowest BCUT2D eigenvalue weighted by molar-refractivity contribution is 0.182. The Bertz CT molecular complexity index is 1070. The smallest absolute Gasteiger partial charge is 0.267 e. The van der Waals surface area contributed by atoms with E-state index in [0.717, 1.165) is 18.5 Å². The topological polar surface area (TPSA) is 81.9 Å². The quantitative estimate of drug-likeness (QED) is 0.762. The molecule has 0 radical (unpaired) electrons. The number of anilines is 1. The van der Waals surface area contributed by atoms with Gasteiger partial charge in [0.25, 0.3) is 5.56 Å². The summed E-state index contributed by atoms with van der Waals surface area (Å²) in [5.74, 6) is 0.625. The van der Waals surface area contributed by atoms with E-state index in [9.17, 15) is 9.18 Å². The first kappa shape index (κ1) is 16.3. The molecule has 1 saturated heterocycles. The van der Waals surface area contributed by atoms with Crippen LogP contribution < -0.4 is 10.9 Å². The second-order valence-electron chi connectivity index (χ2n) is 7.05. The number of fused-ring (bicyclic) bond motifs is 1. The van der Waals surface area contributed by atoms with Crippen LogP contribution in [-0.4, -0.2) is 39.0 Å². The van der Waals surface area contributed by atoms with E-state index < -0.39 is 0 Å². The fraction of sp³-hybridized carbons (Fsp3) is 0.368. The van der Waals surface area contributed by atoms with Crippen molar-refractivity contribution in [3.05, 3.63) is 58.5 Å². The molecule has 27 heavy (non-hydrogen) atoms. The number of hydrogen-bond donors (Lipinski definition) is 1. The number of ether oxygens (including phenoxy) is 1. The molecule has 2 atom stereocenters. The minimum atomic E-state index is -0.352. The molecule has 8 heteroatoms. The van der Waals surface area contributed by atoms with Crippen LogP contribution in [0.2, 0.25) is 0 Å². The number of hydrogen-bond acceptors (Lipinski definition) is 6. The molecule has 1 N–H and O–H groups in total. The van der Waals surface area contributed by atoms with Crippen LogP contribution >= 0.6 is 0 Å². The molecule has 0 amide bonds. The first-order valence-electron chi connectivity index (χ1n) is 9.03. The van der Waals surface area contributed by atoms with Gasteiger partial charge in [0.2, 0.25) is 0 Å². The summed E-state index contributed by atoms with van der Waals surface area (Å²) in [6.45, 7) is 0.795. The highest BCUT2D eigenvalue weighted by atomic mass is 19.1. The van der Waals surface area contributed by atoms with Gasteiger partial charge in [-0.15, -0.1) is 0 Å². The average Bonchev–Trinajstić information content (AvgIpc) is 3.42. The zero-order valence-electron chi connectivity index (χ0n) is 14.5. The third kappa shape index (κ3) is 3.06. The Kier molecular flexibility index (Phi) is 3.86. The Hall–Kier alpha value is -2.87. The molecule has 1 saturated carbocycles. The zero-order chi connectivity index (χ0) is 18.4. The molecular weight excluding hydrogens is 349 g/mol. The van der Waals surface area contributed by atoms with Crippen molar-refractivity contribution < 1.29 is 9.13 Å². The van der Waals surface area contributed by atoms with E-state index in [-0.39, 0.29) is 23.5 Å². The van der Waals surface area contributed by atoms with Crippen LogP contribution in [0.4, 0.5) is 10.2 Å². The van der Waals surface area contributed by atoms with Crippen molar-refractivity contribution in [3.63, 3.8) is 0 Å². The van der Waals surface area contributed by atoms with Crippen molar-refractivity contribution in [2.24, 2.45) is 0 Å². The average molecular weight is 367 g/mol. The molecule has 1 aliphatic carbocycles. The van der Waals surface area contributed by atoms with Gasteiger partial charge in [-0.2, -0.15) is 5.10 Å². The van der Waals surface area contributed by atoms with Gasteiger partial charge >= 0.3 is 0 Å². The summed E-state index contributed by atoms with van der Waals surface area (Å²) < 4.78 is 20.8. The molecule has 0 spiro atoms. The van der Waals surface area contributed by atoms with Crippen LogP contribution in [0.3, 0.4) is 0 Å². The standard InChI is InChI=1S/C19H18FN5O2/c20-12-3-4-15-13(7-12)19(22-10-21-15)23-16-8-27-9-17(16)25-18(26)6-5-14(24-25)11-1-2-11/h3-7,10-11,16-17H,1-2,8-9H2,(H,21,22,23). The van der Waals surface area contributed by atoms with Crippen LogP contribution in [-0.2, 0) is 4.74 Å². The number of nitrogens with one attached hydrogen (secondary N) is 1. The second-order valence-corrected chi connectivity index (χ2v) is 7.05. The van der Waals surface area contributed by atoms with Gasteiger partial charge in [-0.3, -0.25) is 4.79 Å². The summed E-state index contributed by atoms with van der Waals surface area (Å²) in [6.07, 6.45) is 3.67. The van der Waals surface area contributed by atoms with E-state index in [4.69, 9.17) is 4.74 Å². The molecule has 1 aromatic carbocycles. The Morgan fingerprint density at radius 1 is 1.15 bits per heavy atom. The van der Waals surface area contributed by atoms with Gasteiger partial charge in [-0.05, 0) is 37.1 Å². The number of nitrogens with zero attached hydrogens (tertiary/aromatic N) is 4. The third-order valence-corrected chi connectivity index (χ3v) is 5.13. The van der Waals surface area contributed by atoms with Gasteiger partial charge in [-0.1, -0.05) is 0 Å². The van der Waals surface area contributed by atoms with Crippen molar-refractivity contribution in [2.75, 3.05) is 18.5 Å². The fourth-order valence-electron chi connectivity index (χ4n) is 3.52. The Morgan fingerprint density at radius 3 is 2.89 bits per heavy atom. The van der Waals surface area contributed by atoms with Gasteiger partial charge in [-0.25, -0.2) is 19.0 Å². The summed E-state index contributed by atoms with van der Waals surface area (Å²) in [4.78, 5) is 20.8. The number of halogens is 1. The molecule has 2 aromatic heterocycles. The van der Waals surface area contributed by atoms with Gasteiger partial charge in [0.15, 0.2) is 0 Å². The highest BCUT2D eigenvalue weighted by molar-refractivity contribution is 5.88. The van der Waals surface area contributed by atoms with Crippen LogP contribution in [0.1, 0.15) is 30.5 Å². The van der Waals surface area contributed by atoms with E-state index in [1.165, 1.54) is 23.1 Å². The predicted octanol–water partition coefficient (Wildman–Crippen LogP) is 2.25. The second kappa shape index (κ2) is 6.38. The minimum Gasteiger partial charge on any atom is -0.377 e. The first-order chi connectivity index (χ1) is 13.2. The summed E-state index contributed by atoms with van der Waals surface area (Å²) >= 11 is 0. The predicted molar refractivity (Wildman–Crippen MR) is 97.2 cm³/mol. The molecule has 5 rings (SSSR count). The summed E-state index contributed by atoms with van der Waals surface area (Å²) in [5.41, 5.74) is 1.45. The summed E-state index contributed by atoms with van der Waals surface area (Å²) in [6, 6.07) is 7.32. The Labute approximate surface area is 154 Å². The molecule has 1 aliphatic heterocycles. The van der Waals surface area contributed by atoms with Crippen molar-refractivity contribution in [3.8, 4) is 0 Å². The van der Waals surface area contributed by atoms with Crippen LogP contribution in [0.25, 0.3) is 10.9 Å². The molecule has 0 bridgehead atoms. The highest BCUT2D eigenvalue weighted by Gasteiger charge is 2.33. The lowest BCUT2D eigenvalue weighted by atomic mass is 10.1. The maximum atomic E-state index is 13.7. The van der Waals surface area contributed by atoms with E-state index in [0.29, 0.717) is 35.9 Å². The lowest BCUT2D eigenvalue weighted by Gasteiger charge is -2.21. The lowest BCUT2D eigenvalue weighted by Crippen LogP contribution is -2.37. The highest BCUT2D eigenvalue weighted by Crippen LogP contribution is 2.38.